The van der Waals surface area contributed by atoms with Crippen molar-refractivity contribution in [2.75, 3.05) is 10.2 Å². The third-order valence-electron chi connectivity index (χ3n) is 5.24. The number of anilines is 2. The molecule has 2 amide bonds. The van der Waals surface area contributed by atoms with Gasteiger partial charge in [-0.1, -0.05) is 59.1 Å². The van der Waals surface area contributed by atoms with Crippen LogP contribution in [0.2, 0.25) is 10.0 Å². The Morgan fingerprint density at radius 1 is 0.806 bits per heavy atom. The first kappa shape index (κ1) is 21.2. The lowest BCUT2D eigenvalue weighted by Gasteiger charge is -2.16. The molecule has 4 rings (SSSR count). The van der Waals surface area contributed by atoms with Crippen molar-refractivity contribution in [2.24, 2.45) is 0 Å². The minimum absolute atomic E-state index is 0.205. The molecule has 0 aromatic heterocycles. The number of carbonyl (C=O) groups excluding carboxylic acids is 2. The highest BCUT2D eigenvalue weighted by atomic mass is 35.5. The summed E-state index contributed by atoms with van der Waals surface area (Å²) in [4.78, 5) is 28.1. The predicted molar refractivity (Wildman–Crippen MR) is 127 cm³/mol. The van der Waals surface area contributed by atoms with Crippen LogP contribution >= 0.6 is 23.2 Å². The number of nitrogens with zero attached hydrogens (tertiary/aromatic N) is 1. The molecular weight excluding hydrogens is 431 g/mol. The molecule has 1 aliphatic heterocycles. The Morgan fingerprint density at radius 3 is 2.26 bits per heavy atom. The third kappa shape index (κ3) is 3.97. The predicted octanol–water partition coefficient (Wildman–Crippen LogP) is 6.32. The zero-order chi connectivity index (χ0) is 22.3. The summed E-state index contributed by atoms with van der Waals surface area (Å²) in [6, 6.07) is 17.9. The van der Waals surface area contributed by atoms with Gasteiger partial charge in [0.25, 0.3) is 11.8 Å². The number of rotatable bonds is 4. The Morgan fingerprint density at radius 2 is 1.58 bits per heavy atom. The number of carbonyl (C=O) groups is 2. The standard InChI is InChI=1S/C25H20Cl2N2O2/c1-14-7-10-20(16(3)11-14)22-23(28-18-9-8-15(2)21(27)13-18)25(31)29(24(22)30)19-6-4-5-17(26)12-19/h4-13,28H,1-3H3. The lowest BCUT2D eigenvalue weighted by molar-refractivity contribution is -0.120. The second kappa shape index (κ2) is 8.22. The van der Waals surface area contributed by atoms with Crippen molar-refractivity contribution < 1.29 is 9.59 Å². The molecule has 0 radical (unpaired) electrons. The fourth-order valence-electron chi connectivity index (χ4n) is 3.65. The van der Waals surface area contributed by atoms with Crippen molar-refractivity contribution in [2.45, 2.75) is 20.8 Å². The maximum Gasteiger partial charge on any atom is 0.282 e. The summed E-state index contributed by atoms with van der Waals surface area (Å²) in [5, 5.41) is 4.16. The van der Waals surface area contributed by atoms with Crippen molar-refractivity contribution >= 4 is 52.0 Å². The Bertz CT molecular complexity index is 1260. The first-order chi connectivity index (χ1) is 14.8. The second-order valence-corrected chi connectivity index (χ2v) is 8.43. The Kier molecular flexibility index (Phi) is 5.61. The van der Waals surface area contributed by atoms with Crippen molar-refractivity contribution in [1.29, 1.82) is 0 Å². The summed E-state index contributed by atoms with van der Waals surface area (Å²) in [6.45, 7) is 5.81. The number of hydrogen-bond donors (Lipinski definition) is 1. The molecule has 0 saturated carbocycles. The molecule has 1 aliphatic rings. The van der Waals surface area contributed by atoms with Crippen molar-refractivity contribution in [3.63, 3.8) is 0 Å². The SMILES string of the molecule is Cc1ccc(C2=C(Nc3ccc(C)c(Cl)c3)C(=O)N(c3cccc(Cl)c3)C2=O)c(C)c1. The lowest BCUT2D eigenvalue weighted by Crippen LogP contribution is -2.32. The van der Waals surface area contributed by atoms with Gasteiger partial charge in [-0.15, -0.1) is 0 Å². The molecule has 31 heavy (non-hydrogen) atoms. The van der Waals surface area contributed by atoms with Crippen LogP contribution in [0.3, 0.4) is 0 Å². The number of imide groups is 1. The van der Waals surface area contributed by atoms with Crippen LogP contribution in [0.4, 0.5) is 11.4 Å². The van der Waals surface area contributed by atoms with Gasteiger partial charge < -0.3 is 5.32 Å². The van der Waals surface area contributed by atoms with Crippen LogP contribution in [-0.4, -0.2) is 11.8 Å². The zero-order valence-electron chi connectivity index (χ0n) is 17.3. The fourth-order valence-corrected chi connectivity index (χ4v) is 4.02. The molecule has 0 spiro atoms. The minimum Gasteiger partial charge on any atom is -0.350 e. The number of amides is 2. The summed E-state index contributed by atoms with van der Waals surface area (Å²) in [6.07, 6.45) is 0. The molecule has 0 bridgehead atoms. The van der Waals surface area contributed by atoms with Gasteiger partial charge in [-0.3, -0.25) is 9.59 Å². The van der Waals surface area contributed by atoms with Crippen LogP contribution in [0.15, 0.2) is 66.4 Å². The summed E-state index contributed by atoms with van der Waals surface area (Å²) in [7, 11) is 0. The summed E-state index contributed by atoms with van der Waals surface area (Å²) in [5.41, 5.74) is 5.18. The van der Waals surface area contributed by atoms with Crippen LogP contribution in [-0.2, 0) is 9.59 Å². The number of hydrogen-bond acceptors (Lipinski definition) is 3. The van der Waals surface area contributed by atoms with Gasteiger partial charge in [0.15, 0.2) is 0 Å². The molecule has 3 aromatic carbocycles. The maximum absolute atomic E-state index is 13.5. The minimum atomic E-state index is -0.445. The second-order valence-electron chi connectivity index (χ2n) is 7.58. The van der Waals surface area contributed by atoms with Crippen molar-refractivity contribution in [3.05, 3.63) is 98.7 Å². The van der Waals surface area contributed by atoms with Gasteiger partial charge in [-0.25, -0.2) is 4.90 Å². The number of halogens is 2. The van der Waals surface area contributed by atoms with Crippen LogP contribution in [0, 0.1) is 20.8 Å². The van der Waals surface area contributed by atoms with E-state index < -0.39 is 11.8 Å². The third-order valence-corrected chi connectivity index (χ3v) is 5.89. The molecule has 1 N–H and O–H groups in total. The number of nitrogens with one attached hydrogen (secondary N) is 1. The van der Waals surface area contributed by atoms with Gasteiger partial charge in [0.2, 0.25) is 0 Å². The average Bonchev–Trinajstić information content (AvgIpc) is 2.95. The molecule has 0 aliphatic carbocycles. The van der Waals surface area contributed by atoms with Gasteiger partial charge >= 0.3 is 0 Å². The summed E-state index contributed by atoms with van der Waals surface area (Å²) < 4.78 is 0. The van der Waals surface area contributed by atoms with Gasteiger partial charge in [0, 0.05) is 15.7 Å². The molecule has 1 heterocycles. The molecule has 4 nitrogen and oxygen atoms in total. The Balaban J connectivity index is 1.87. The van der Waals surface area contributed by atoms with Crippen LogP contribution in [0.25, 0.3) is 5.57 Å². The molecule has 0 atom stereocenters. The van der Waals surface area contributed by atoms with Crippen molar-refractivity contribution in [3.8, 4) is 0 Å². The molecule has 0 unspecified atom stereocenters. The molecule has 0 saturated heterocycles. The molecular formula is C25H20Cl2N2O2. The Hall–Kier alpha value is -3.08. The molecule has 3 aromatic rings. The average molecular weight is 451 g/mol. The lowest BCUT2D eigenvalue weighted by atomic mass is 9.97. The van der Waals surface area contributed by atoms with Gasteiger partial charge in [0.1, 0.15) is 5.70 Å². The summed E-state index contributed by atoms with van der Waals surface area (Å²) >= 11 is 12.4. The quantitative estimate of drug-likeness (QED) is 0.473. The fraction of sp³-hybridized carbons (Fsp3) is 0.120. The Labute approximate surface area is 191 Å². The van der Waals surface area contributed by atoms with E-state index in [1.54, 1.807) is 30.3 Å². The van der Waals surface area contributed by atoms with Crippen LogP contribution in [0.1, 0.15) is 22.3 Å². The topological polar surface area (TPSA) is 49.4 Å². The first-order valence-corrected chi connectivity index (χ1v) is 10.5. The summed E-state index contributed by atoms with van der Waals surface area (Å²) in [5.74, 6) is -0.848. The number of aryl methyl sites for hydroxylation is 3. The van der Waals surface area contributed by atoms with E-state index in [1.807, 2.05) is 51.1 Å². The molecule has 156 valence electrons. The highest BCUT2D eigenvalue weighted by Crippen LogP contribution is 2.36. The normalized spacial score (nSPS) is 13.9. The van der Waals surface area contributed by atoms with E-state index in [0.29, 0.717) is 32.6 Å². The zero-order valence-corrected chi connectivity index (χ0v) is 18.8. The maximum atomic E-state index is 13.5. The smallest absolute Gasteiger partial charge is 0.282 e. The van der Waals surface area contributed by atoms with E-state index in [9.17, 15) is 9.59 Å². The van der Waals surface area contributed by atoms with Gasteiger partial charge in [-0.05, 0) is 67.8 Å². The monoisotopic (exact) mass is 450 g/mol. The van der Waals surface area contributed by atoms with E-state index in [4.69, 9.17) is 23.2 Å². The van der Waals surface area contributed by atoms with Crippen LogP contribution in [0.5, 0.6) is 0 Å². The van der Waals surface area contributed by atoms with E-state index in [2.05, 4.69) is 5.32 Å². The molecule has 6 heteroatoms. The highest BCUT2D eigenvalue weighted by Gasteiger charge is 2.40. The van der Waals surface area contributed by atoms with E-state index in [-0.39, 0.29) is 5.70 Å². The van der Waals surface area contributed by atoms with E-state index >= 15 is 0 Å². The van der Waals surface area contributed by atoms with Gasteiger partial charge in [0.05, 0.1) is 11.3 Å². The van der Waals surface area contributed by atoms with E-state index in [1.165, 1.54) is 0 Å². The van der Waals surface area contributed by atoms with E-state index in [0.717, 1.165) is 21.6 Å². The highest BCUT2D eigenvalue weighted by molar-refractivity contribution is 6.46. The van der Waals surface area contributed by atoms with Crippen molar-refractivity contribution in [1.82, 2.24) is 0 Å². The van der Waals surface area contributed by atoms with Gasteiger partial charge in [-0.2, -0.15) is 0 Å². The largest absolute Gasteiger partial charge is 0.350 e. The molecule has 0 fully saturated rings. The first-order valence-electron chi connectivity index (χ1n) is 9.75. The number of benzene rings is 3. The van der Waals surface area contributed by atoms with Crippen LogP contribution < -0.4 is 10.2 Å².